The third-order valence-electron chi connectivity index (χ3n) is 3.42. The van der Waals surface area contributed by atoms with Gasteiger partial charge in [-0.2, -0.15) is 0 Å². The summed E-state index contributed by atoms with van der Waals surface area (Å²) in [7, 11) is 0. The van der Waals surface area contributed by atoms with Gasteiger partial charge in [-0.15, -0.1) is 0 Å². The van der Waals surface area contributed by atoms with E-state index in [4.69, 9.17) is 16.7 Å². The van der Waals surface area contributed by atoms with Crippen LogP contribution in [0.2, 0.25) is 5.02 Å². The number of rotatable bonds is 5. The number of nitrogens with zero attached hydrogens (tertiary/aromatic N) is 1. The summed E-state index contributed by atoms with van der Waals surface area (Å²) in [5.41, 5.74) is 0.573. The van der Waals surface area contributed by atoms with Crippen LogP contribution in [-0.4, -0.2) is 23.5 Å². The number of carboxylic acids is 1. The molecule has 1 aliphatic rings. The lowest BCUT2D eigenvalue weighted by molar-refractivity contribution is -0.137. The first-order valence-corrected chi connectivity index (χ1v) is 6.65. The molecular weight excluding hydrogens is 266 g/mol. The van der Waals surface area contributed by atoms with Gasteiger partial charge in [-0.05, 0) is 43.0 Å². The Morgan fingerprint density at radius 1 is 1.37 bits per heavy atom. The minimum absolute atomic E-state index is 0.130. The Balaban J connectivity index is 2.21. The Bertz CT molecular complexity index is 482. The topological polar surface area (TPSA) is 57.6 Å². The molecule has 1 atom stereocenters. The molecule has 102 valence electrons. The first-order valence-electron chi connectivity index (χ1n) is 6.28. The molecule has 0 aromatic heterocycles. The number of carbonyl (C=O) groups is 2. The highest BCUT2D eigenvalue weighted by molar-refractivity contribution is 6.30. The van der Waals surface area contributed by atoms with E-state index in [1.807, 2.05) is 6.92 Å². The van der Waals surface area contributed by atoms with Crippen LogP contribution in [0.5, 0.6) is 0 Å². The van der Waals surface area contributed by atoms with E-state index in [1.165, 1.54) is 4.90 Å². The van der Waals surface area contributed by atoms with Gasteiger partial charge in [0.2, 0.25) is 5.91 Å². The van der Waals surface area contributed by atoms with Crippen molar-refractivity contribution in [3.05, 3.63) is 29.3 Å². The number of carbonyl (C=O) groups excluding carboxylic acids is 1. The van der Waals surface area contributed by atoms with Crippen LogP contribution >= 0.6 is 11.6 Å². The van der Waals surface area contributed by atoms with E-state index in [-0.39, 0.29) is 18.4 Å². The van der Waals surface area contributed by atoms with E-state index in [0.717, 1.165) is 12.8 Å². The zero-order valence-corrected chi connectivity index (χ0v) is 11.4. The Kier molecular flexibility index (Phi) is 4.10. The first kappa shape index (κ1) is 13.9. The number of aliphatic carboxylic acids is 1. The van der Waals surface area contributed by atoms with Crippen LogP contribution in [0.3, 0.4) is 0 Å². The summed E-state index contributed by atoms with van der Waals surface area (Å²) >= 11 is 5.80. The van der Waals surface area contributed by atoms with Crippen molar-refractivity contribution in [3.8, 4) is 0 Å². The van der Waals surface area contributed by atoms with Gasteiger partial charge in [0.15, 0.2) is 0 Å². The lowest BCUT2D eigenvalue weighted by Gasteiger charge is -2.24. The highest BCUT2D eigenvalue weighted by atomic mass is 35.5. The molecule has 19 heavy (non-hydrogen) atoms. The minimum Gasteiger partial charge on any atom is -0.480 e. The van der Waals surface area contributed by atoms with Crippen LogP contribution in [0.15, 0.2) is 24.3 Å². The quantitative estimate of drug-likeness (QED) is 0.903. The predicted octanol–water partition coefficient (Wildman–Crippen LogP) is 2.80. The van der Waals surface area contributed by atoms with Crippen LogP contribution < -0.4 is 4.90 Å². The van der Waals surface area contributed by atoms with Crippen molar-refractivity contribution in [2.24, 2.45) is 11.8 Å². The number of halogens is 1. The minimum atomic E-state index is -1.02. The number of carboxylic acid groups (broad SMARTS) is 1. The summed E-state index contributed by atoms with van der Waals surface area (Å²) in [6.45, 7) is 1.54. The van der Waals surface area contributed by atoms with Gasteiger partial charge in [-0.25, -0.2) is 0 Å². The van der Waals surface area contributed by atoms with E-state index in [1.54, 1.807) is 24.3 Å². The molecule has 0 spiro atoms. The summed E-state index contributed by atoms with van der Waals surface area (Å²) in [4.78, 5) is 24.6. The molecule has 1 N–H and O–H groups in total. The second kappa shape index (κ2) is 5.61. The molecule has 1 aromatic carbocycles. The van der Waals surface area contributed by atoms with Crippen molar-refractivity contribution in [2.75, 3.05) is 11.4 Å². The van der Waals surface area contributed by atoms with E-state index in [0.29, 0.717) is 16.6 Å². The third kappa shape index (κ3) is 3.47. The summed E-state index contributed by atoms with van der Waals surface area (Å²) in [5, 5.41) is 9.52. The van der Waals surface area contributed by atoms with Crippen LogP contribution in [0, 0.1) is 11.8 Å². The Morgan fingerprint density at radius 3 is 2.42 bits per heavy atom. The van der Waals surface area contributed by atoms with Crippen LogP contribution in [0.1, 0.15) is 19.8 Å². The molecule has 1 saturated carbocycles. The summed E-state index contributed by atoms with van der Waals surface area (Å²) in [6, 6.07) is 6.65. The van der Waals surface area contributed by atoms with E-state index in [9.17, 15) is 9.59 Å². The second-order valence-corrected chi connectivity index (χ2v) is 5.36. The largest absolute Gasteiger partial charge is 0.480 e. The number of anilines is 1. The number of benzene rings is 1. The van der Waals surface area contributed by atoms with Crippen molar-refractivity contribution in [3.63, 3.8) is 0 Å². The molecule has 2 rings (SSSR count). The monoisotopic (exact) mass is 281 g/mol. The van der Waals surface area contributed by atoms with Gasteiger partial charge in [0, 0.05) is 16.6 Å². The smallest absolute Gasteiger partial charge is 0.323 e. The predicted molar refractivity (Wildman–Crippen MR) is 73.3 cm³/mol. The molecule has 1 unspecified atom stereocenters. The van der Waals surface area contributed by atoms with Crippen molar-refractivity contribution < 1.29 is 14.7 Å². The summed E-state index contributed by atoms with van der Waals surface area (Å²) in [6.07, 6.45) is 2.10. The van der Waals surface area contributed by atoms with Crippen LogP contribution in [-0.2, 0) is 9.59 Å². The Morgan fingerprint density at radius 2 is 1.95 bits per heavy atom. The van der Waals surface area contributed by atoms with Gasteiger partial charge in [0.1, 0.15) is 6.54 Å². The maximum Gasteiger partial charge on any atom is 0.323 e. The summed E-state index contributed by atoms with van der Waals surface area (Å²) < 4.78 is 0. The van der Waals surface area contributed by atoms with E-state index in [2.05, 4.69) is 0 Å². The zero-order valence-electron chi connectivity index (χ0n) is 10.7. The highest BCUT2D eigenvalue weighted by Gasteiger charge is 2.35. The van der Waals surface area contributed by atoms with Gasteiger partial charge in [-0.3, -0.25) is 9.59 Å². The van der Waals surface area contributed by atoms with Crippen molar-refractivity contribution in [1.29, 1.82) is 0 Å². The lowest BCUT2D eigenvalue weighted by atomic mass is 10.0. The molecule has 0 heterocycles. The van der Waals surface area contributed by atoms with Crippen LogP contribution in [0.4, 0.5) is 5.69 Å². The lowest BCUT2D eigenvalue weighted by Crippen LogP contribution is -2.39. The summed E-state index contributed by atoms with van der Waals surface area (Å²) in [5.74, 6) is -0.885. The Labute approximate surface area is 117 Å². The van der Waals surface area contributed by atoms with Gasteiger partial charge in [0.05, 0.1) is 0 Å². The number of hydrogen-bond acceptors (Lipinski definition) is 2. The van der Waals surface area contributed by atoms with E-state index >= 15 is 0 Å². The molecule has 5 heteroatoms. The molecule has 1 aliphatic carbocycles. The molecule has 0 aliphatic heterocycles. The van der Waals surface area contributed by atoms with Gasteiger partial charge >= 0.3 is 5.97 Å². The van der Waals surface area contributed by atoms with Gasteiger partial charge in [0.25, 0.3) is 0 Å². The fourth-order valence-corrected chi connectivity index (χ4v) is 2.22. The molecular formula is C14H16ClNO3. The van der Waals surface area contributed by atoms with Crippen LogP contribution in [0.25, 0.3) is 0 Å². The maximum atomic E-state index is 12.4. The fraction of sp³-hybridized carbons (Fsp3) is 0.429. The molecule has 0 saturated heterocycles. The van der Waals surface area contributed by atoms with Gasteiger partial charge < -0.3 is 10.0 Å². The van der Waals surface area contributed by atoms with Crippen molar-refractivity contribution in [1.82, 2.24) is 0 Å². The number of hydrogen-bond donors (Lipinski definition) is 1. The highest BCUT2D eigenvalue weighted by Crippen LogP contribution is 2.38. The normalized spacial score (nSPS) is 15.9. The first-order chi connectivity index (χ1) is 8.99. The van der Waals surface area contributed by atoms with Crippen molar-refractivity contribution in [2.45, 2.75) is 19.8 Å². The second-order valence-electron chi connectivity index (χ2n) is 4.92. The zero-order chi connectivity index (χ0) is 14.0. The average Bonchev–Trinajstić information content (AvgIpc) is 3.19. The Hall–Kier alpha value is -1.55. The molecule has 1 amide bonds. The van der Waals surface area contributed by atoms with E-state index < -0.39 is 5.97 Å². The standard InChI is InChI=1S/C14H16ClNO3/c1-9(10-2-3-10)14(19)16(8-13(17)18)12-6-4-11(15)5-7-12/h4-7,9-10H,2-3,8H2,1H3,(H,17,18). The molecule has 0 radical (unpaired) electrons. The third-order valence-corrected chi connectivity index (χ3v) is 3.67. The SMILES string of the molecule is CC(C(=O)N(CC(=O)O)c1ccc(Cl)cc1)C1CC1. The number of amides is 1. The molecule has 0 bridgehead atoms. The molecule has 1 fully saturated rings. The molecule has 1 aromatic rings. The van der Waals surface area contributed by atoms with Gasteiger partial charge in [-0.1, -0.05) is 18.5 Å². The molecule has 4 nitrogen and oxygen atoms in total. The maximum absolute atomic E-state index is 12.4. The fourth-order valence-electron chi connectivity index (χ4n) is 2.10. The average molecular weight is 282 g/mol. The van der Waals surface area contributed by atoms with Crippen molar-refractivity contribution >= 4 is 29.2 Å².